The average molecular weight is 431 g/mol. The molecule has 0 aromatic heterocycles. The Bertz CT molecular complexity index is 851. The number of carbonyl (C=O) groups is 1. The minimum atomic E-state index is -4.61. The molecule has 1 saturated heterocycles. The van der Waals surface area contributed by atoms with Crippen molar-refractivity contribution in [3.63, 3.8) is 0 Å². The Hall–Kier alpha value is -2.55. The summed E-state index contributed by atoms with van der Waals surface area (Å²) in [5.74, 6) is -1.77. The Balaban J connectivity index is 2.09. The zero-order chi connectivity index (χ0) is 22.1. The van der Waals surface area contributed by atoms with Crippen LogP contribution in [0.5, 0.6) is 0 Å². The van der Waals surface area contributed by atoms with Crippen molar-refractivity contribution in [1.82, 2.24) is 4.90 Å². The fourth-order valence-electron chi connectivity index (χ4n) is 3.83. The number of aliphatic carboxylic acids is 1. The van der Waals surface area contributed by atoms with Crippen molar-refractivity contribution in [3.8, 4) is 0 Å². The molecule has 30 heavy (non-hydrogen) atoms. The van der Waals surface area contributed by atoms with Crippen molar-refractivity contribution in [2.24, 2.45) is 5.92 Å². The summed E-state index contributed by atoms with van der Waals surface area (Å²) in [6.45, 7) is 0.396. The molecule has 162 valence electrons. The summed E-state index contributed by atoms with van der Waals surface area (Å²) in [5, 5.41) is 9.36. The first-order valence-corrected chi connectivity index (χ1v) is 9.28. The van der Waals surface area contributed by atoms with Crippen LogP contribution in [0.25, 0.3) is 0 Å². The van der Waals surface area contributed by atoms with E-state index >= 15 is 0 Å². The van der Waals surface area contributed by atoms with E-state index in [1.165, 1.54) is 24.3 Å². The molecule has 1 aliphatic heterocycles. The SMILES string of the molecule is O=C(O)C1CCCN(C(c2cccc(C(F)(F)F)c2)c2cccc(C(F)(F)F)c2)C1. The maximum Gasteiger partial charge on any atom is 0.416 e. The molecule has 2 aromatic carbocycles. The second-order valence-corrected chi connectivity index (χ2v) is 7.32. The minimum Gasteiger partial charge on any atom is -0.481 e. The molecular weight excluding hydrogens is 412 g/mol. The van der Waals surface area contributed by atoms with E-state index in [4.69, 9.17) is 0 Å². The molecule has 1 aliphatic rings. The van der Waals surface area contributed by atoms with Gasteiger partial charge in [0.15, 0.2) is 0 Å². The molecule has 1 fully saturated rings. The van der Waals surface area contributed by atoms with Crippen molar-refractivity contribution in [1.29, 1.82) is 0 Å². The van der Waals surface area contributed by atoms with Gasteiger partial charge in [-0.25, -0.2) is 0 Å². The molecule has 1 N–H and O–H groups in total. The van der Waals surface area contributed by atoms with Crippen LogP contribution >= 0.6 is 0 Å². The van der Waals surface area contributed by atoms with E-state index in [0.717, 1.165) is 24.3 Å². The molecule has 0 spiro atoms. The molecule has 0 radical (unpaired) electrons. The van der Waals surface area contributed by atoms with Crippen LogP contribution in [0.1, 0.15) is 41.1 Å². The average Bonchev–Trinajstić information content (AvgIpc) is 2.68. The molecule has 3 nitrogen and oxygen atoms in total. The van der Waals surface area contributed by atoms with Gasteiger partial charge in [0.2, 0.25) is 0 Å². The van der Waals surface area contributed by atoms with Crippen LogP contribution in [-0.2, 0) is 17.1 Å². The number of carboxylic acid groups (broad SMARTS) is 1. The van der Waals surface area contributed by atoms with Crippen LogP contribution in [0, 0.1) is 5.92 Å². The lowest BCUT2D eigenvalue weighted by Gasteiger charge is -2.38. The van der Waals surface area contributed by atoms with Gasteiger partial charge in [-0.15, -0.1) is 0 Å². The Morgan fingerprint density at radius 3 is 1.87 bits per heavy atom. The molecule has 0 saturated carbocycles. The minimum absolute atomic E-state index is 0.0342. The Kier molecular flexibility index (Phi) is 6.12. The maximum atomic E-state index is 13.2. The van der Waals surface area contributed by atoms with Crippen LogP contribution in [0.2, 0.25) is 0 Å². The van der Waals surface area contributed by atoms with Gasteiger partial charge >= 0.3 is 18.3 Å². The van der Waals surface area contributed by atoms with Crippen LogP contribution in [0.4, 0.5) is 26.3 Å². The van der Waals surface area contributed by atoms with Gasteiger partial charge in [-0.05, 0) is 54.8 Å². The molecule has 1 heterocycles. The first-order valence-electron chi connectivity index (χ1n) is 9.28. The lowest BCUT2D eigenvalue weighted by Crippen LogP contribution is -2.41. The number of piperidine rings is 1. The lowest BCUT2D eigenvalue weighted by molar-refractivity contribution is -0.143. The van der Waals surface area contributed by atoms with E-state index in [-0.39, 0.29) is 17.7 Å². The van der Waals surface area contributed by atoms with E-state index in [1.54, 1.807) is 4.90 Å². The predicted molar refractivity (Wildman–Crippen MR) is 96.7 cm³/mol. The summed E-state index contributed by atoms with van der Waals surface area (Å²) in [7, 11) is 0. The molecule has 1 atom stereocenters. The van der Waals surface area contributed by atoms with Gasteiger partial charge in [-0.1, -0.05) is 24.3 Å². The maximum absolute atomic E-state index is 13.2. The van der Waals surface area contributed by atoms with Gasteiger partial charge in [0.25, 0.3) is 0 Å². The Morgan fingerprint density at radius 2 is 1.43 bits per heavy atom. The third-order valence-electron chi connectivity index (χ3n) is 5.23. The van der Waals surface area contributed by atoms with Gasteiger partial charge in [-0.2, -0.15) is 26.3 Å². The summed E-state index contributed by atoms with van der Waals surface area (Å²) in [4.78, 5) is 13.1. The van der Waals surface area contributed by atoms with E-state index in [9.17, 15) is 36.2 Å². The summed E-state index contributed by atoms with van der Waals surface area (Å²) >= 11 is 0. The second-order valence-electron chi connectivity index (χ2n) is 7.32. The number of carboxylic acids is 1. The topological polar surface area (TPSA) is 40.5 Å². The smallest absolute Gasteiger partial charge is 0.416 e. The zero-order valence-electron chi connectivity index (χ0n) is 15.7. The normalized spacial score (nSPS) is 18.6. The van der Waals surface area contributed by atoms with Crippen molar-refractivity contribution < 1.29 is 36.2 Å². The number of hydrogen-bond acceptors (Lipinski definition) is 2. The monoisotopic (exact) mass is 431 g/mol. The standard InChI is InChI=1S/C21H19F6NO2/c22-20(23,24)16-7-1-4-13(10-16)18(28-9-3-6-15(12-28)19(29)30)14-5-2-8-17(11-14)21(25,26)27/h1-2,4-5,7-8,10-11,15,18H,3,6,9,12H2,(H,29,30). The van der Waals surface area contributed by atoms with Gasteiger partial charge in [0.05, 0.1) is 23.1 Å². The fourth-order valence-corrected chi connectivity index (χ4v) is 3.83. The molecular formula is C21H19F6NO2. The van der Waals surface area contributed by atoms with Gasteiger partial charge in [0.1, 0.15) is 0 Å². The number of hydrogen-bond donors (Lipinski definition) is 1. The fraction of sp³-hybridized carbons (Fsp3) is 0.381. The van der Waals surface area contributed by atoms with Crippen LogP contribution in [0.15, 0.2) is 48.5 Å². The van der Waals surface area contributed by atoms with E-state index < -0.39 is 41.4 Å². The van der Waals surface area contributed by atoms with E-state index in [1.807, 2.05) is 0 Å². The first kappa shape index (κ1) is 22.1. The van der Waals surface area contributed by atoms with Gasteiger partial charge in [0, 0.05) is 6.54 Å². The summed E-state index contributed by atoms with van der Waals surface area (Å²) < 4.78 is 79.3. The van der Waals surface area contributed by atoms with E-state index in [2.05, 4.69) is 0 Å². The summed E-state index contributed by atoms with van der Waals surface area (Å²) in [6.07, 6.45) is -8.34. The van der Waals surface area contributed by atoms with Crippen LogP contribution in [0.3, 0.4) is 0 Å². The molecule has 0 amide bonds. The molecule has 0 bridgehead atoms. The number of likely N-dealkylation sites (tertiary alicyclic amines) is 1. The largest absolute Gasteiger partial charge is 0.481 e. The number of halogens is 6. The lowest BCUT2D eigenvalue weighted by atomic mass is 9.90. The second kappa shape index (κ2) is 8.29. The highest BCUT2D eigenvalue weighted by Gasteiger charge is 2.36. The van der Waals surface area contributed by atoms with Crippen LogP contribution < -0.4 is 0 Å². The first-order chi connectivity index (χ1) is 14.0. The third-order valence-corrected chi connectivity index (χ3v) is 5.23. The highest BCUT2D eigenvalue weighted by Crippen LogP contribution is 2.38. The zero-order valence-corrected chi connectivity index (χ0v) is 15.7. The highest BCUT2D eigenvalue weighted by atomic mass is 19.4. The Morgan fingerprint density at radius 1 is 0.933 bits per heavy atom. The quantitative estimate of drug-likeness (QED) is 0.640. The molecule has 2 aromatic rings. The van der Waals surface area contributed by atoms with Gasteiger partial charge in [-0.3, -0.25) is 9.69 Å². The summed E-state index contributed by atoms with van der Waals surface area (Å²) in [6, 6.07) is 7.93. The molecule has 3 rings (SSSR count). The number of rotatable bonds is 4. The molecule has 0 aliphatic carbocycles. The molecule has 1 unspecified atom stereocenters. The van der Waals surface area contributed by atoms with E-state index in [0.29, 0.717) is 19.4 Å². The summed E-state index contributed by atoms with van der Waals surface area (Å²) in [5.41, 5.74) is -1.50. The van der Waals surface area contributed by atoms with Crippen LogP contribution in [-0.4, -0.2) is 29.1 Å². The Labute approximate surface area is 168 Å². The number of alkyl halides is 6. The van der Waals surface area contributed by atoms with Crippen molar-refractivity contribution in [2.45, 2.75) is 31.2 Å². The van der Waals surface area contributed by atoms with Crippen molar-refractivity contribution >= 4 is 5.97 Å². The number of nitrogens with zero attached hydrogens (tertiary/aromatic N) is 1. The predicted octanol–water partition coefficient (Wildman–Crippen LogP) is 5.61. The molecule has 9 heteroatoms. The van der Waals surface area contributed by atoms with Crippen molar-refractivity contribution in [3.05, 3.63) is 70.8 Å². The van der Waals surface area contributed by atoms with Crippen molar-refractivity contribution in [2.75, 3.05) is 13.1 Å². The number of benzene rings is 2. The van der Waals surface area contributed by atoms with Gasteiger partial charge < -0.3 is 5.11 Å². The third kappa shape index (κ3) is 4.95. The highest BCUT2D eigenvalue weighted by molar-refractivity contribution is 5.70.